The highest BCUT2D eigenvalue weighted by Gasteiger charge is 2.53. The van der Waals surface area contributed by atoms with Gasteiger partial charge in [0.15, 0.2) is 0 Å². The van der Waals surface area contributed by atoms with Gasteiger partial charge in [-0.2, -0.15) is 0 Å². The van der Waals surface area contributed by atoms with Crippen molar-refractivity contribution in [3.05, 3.63) is 16.1 Å². The van der Waals surface area contributed by atoms with Crippen molar-refractivity contribution < 1.29 is 4.79 Å². The van der Waals surface area contributed by atoms with E-state index in [9.17, 15) is 4.79 Å². The zero-order chi connectivity index (χ0) is 18.2. The van der Waals surface area contributed by atoms with Gasteiger partial charge in [0, 0.05) is 36.5 Å². The molecule has 0 radical (unpaired) electrons. The van der Waals surface area contributed by atoms with E-state index in [0.29, 0.717) is 17.4 Å². The summed E-state index contributed by atoms with van der Waals surface area (Å²) in [6, 6.07) is 0.444. The molecule has 146 valence electrons. The van der Waals surface area contributed by atoms with Crippen molar-refractivity contribution in [1.29, 1.82) is 0 Å². The van der Waals surface area contributed by atoms with Crippen LogP contribution in [0.25, 0.3) is 0 Å². The second-order valence-electron chi connectivity index (χ2n) is 10.3. The number of amides is 1. The minimum atomic E-state index is 0.00375. The topological polar surface area (TPSA) is 36.4 Å². The number of hydrogen-bond donors (Lipinski definition) is 0. The predicted molar refractivity (Wildman–Crippen MR) is 107 cm³/mol. The molecule has 3 heterocycles. The Labute approximate surface area is 166 Å². The van der Waals surface area contributed by atoms with Gasteiger partial charge in [0.05, 0.1) is 16.7 Å². The largest absolute Gasteiger partial charge is 0.337 e. The highest BCUT2D eigenvalue weighted by atomic mass is 32.1. The highest BCUT2D eigenvalue weighted by molar-refractivity contribution is 7.09. The average Bonchev–Trinajstić information content (AvgIpc) is 3.28. The quantitative estimate of drug-likeness (QED) is 0.794. The van der Waals surface area contributed by atoms with Gasteiger partial charge in [-0.3, -0.25) is 9.69 Å². The van der Waals surface area contributed by atoms with E-state index < -0.39 is 0 Å². The third-order valence-corrected chi connectivity index (χ3v) is 9.56. The molecule has 6 aliphatic rings. The van der Waals surface area contributed by atoms with Crippen LogP contribution in [0.15, 0.2) is 5.38 Å². The van der Waals surface area contributed by atoms with E-state index in [1.165, 1.54) is 62.1 Å². The first kappa shape index (κ1) is 17.0. The van der Waals surface area contributed by atoms with Crippen molar-refractivity contribution in [2.45, 2.75) is 82.3 Å². The summed E-state index contributed by atoms with van der Waals surface area (Å²) in [4.78, 5) is 22.4. The molecule has 2 saturated heterocycles. The lowest BCUT2D eigenvalue weighted by molar-refractivity contribution is -0.143. The van der Waals surface area contributed by atoms with Gasteiger partial charge < -0.3 is 4.90 Å². The maximum absolute atomic E-state index is 12.7. The van der Waals surface area contributed by atoms with Crippen LogP contribution in [0.1, 0.15) is 69.0 Å². The number of fused-ring (bicyclic) bond motifs is 1. The summed E-state index contributed by atoms with van der Waals surface area (Å²) in [5.74, 6) is 3.24. The van der Waals surface area contributed by atoms with Crippen LogP contribution in [0.5, 0.6) is 0 Å². The van der Waals surface area contributed by atoms with Gasteiger partial charge >= 0.3 is 0 Å². The van der Waals surface area contributed by atoms with Crippen LogP contribution in [0, 0.1) is 17.8 Å². The van der Waals surface area contributed by atoms with E-state index in [4.69, 9.17) is 4.98 Å². The molecule has 1 aromatic heterocycles. The number of aromatic nitrogens is 1. The highest BCUT2D eigenvalue weighted by Crippen LogP contribution is 2.61. The molecule has 4 nitrogen and oxygen atoms in total. The first-order chi connectivity index (χ1) is 13.1. The second-order valence-corrected chi connectivity index (χ2v) is 11.1. The monoisotopic (exact) mass is 385 g/mol. The van der Waals surface area contributed by atoms with Crippen LogP contribution in [0.3, 0.4) is 0 Å². The van der Waals surface area contributed by atoms with Crippen LogP contribution in [0.2, 0.25) is 0 Å². The molecule has 0 spiro atoms. The molecule has 6 fully saturated rings. The summed E-state index contributed by atoms with van der Waals surface area (Å²) >= 11 is 1.91. The van der Waals surface area contributed by atoms with Gasteiger partial charge in [-0.05, 0) is 76.0 Å². The van der Waals surface area contributed by atoms with Crippen molar-refractivity contribution in [1.82, 2.24) is 14.8 Å². The summed E-state index contributed by atoms with van der Waals surface area (Å²) in [5.41, 5.74) is 1.61. The first-order valence-electron chi connectivity index (χ1n) is 11.1. The van der Waals surface area contributed by atoms with Gasteiger partial charge in [-0.15, -0.1) is 11.3 Å². The van der Waals surface area contributed by atoms with E-state index in [0.717, 1.165) is 37.4 Å². The molecule has 0 unspecified atom stereocenters. The molecule has 7 rings (SSSR count). The fraction of sp³-hybridized carbons (Fsp3) is 0.818. The number of piperazine rings is 1. The Morgan fingerprint density at radius 3 is 2.59 bits per heavy atom. The molecule has 2 aliphatic heterocycles. The molecule has 2 atom stereocenters. The SMILES string of the molecule is C[C@H]1C(=O)N2CCC[C@@H]2CN1Cc1csc(C23CC4CC(CC(C4)C2)C3)n1. The molecular weight excluding hydrogens is 354 g/mol. The van der Waals surface area contributed by atoms with Crippen LogP contribution >= 0.6 is 11.3 Å². The third-order valence-electron chi connectivity index (χ3n) is 8.42. The molecule has 5 heteroatoms. The van der Waals surface area contributed by atoms with Crippen molar-refractivity contribution in [2.24, 2.45) is 17.8 Å². The van der Waals surface area contributed by atoms with Gasteiger partial charge in [0.2, 0.25) is 5.91 Å². The number of carbonyl (C=O) groups is 1. The predicted octanol–water partition coefficient (Wildman–Crippen LogP) is 3.81. The molecule has 1 aromatic rings. The van der Waals surface area contributed by atoms with E-state index >= 15 is 0 Å². The Hall–Kier alpha value is -0.940. The fourth-order valence-electron chi connectivity index (χ4n) is 7.55. The minimum absolute atomic E-state index is 0.00375. The summed E-state index contributed by atoms with van der Waals surface area (Å²) in [6.45, 7) is 4.93. The number of rotatable bonds is 3. The van der Waals surface area contributed by atoms with Crippen LogP contribution in [-0.4, -0.2) is 45.9 Å². The van der Waals surface area contributed by atoms with E-state index in [1.54, 1.807) is 0 Å². The van der Waals surface area contributed by atoms with Crippen LogP contribution in [-0.2, 0) is 16.8 Å². The van der Waals surface area contributed by atoms with Crippen molar-refractivity contribution in [3.8, 4) is 0 Å². The molecule has 1 amide bonds. The van der Waals surface area contributed by atoms with E-state index in [-0.39, 0.29) is 6.04 Å². The maximum Gasteiger partial charge on any atom is 0.239 e. The lowest BCUT2D eigenvalue weighted by Gasteiger charge is -2.56. The maximum atomic E-state index is 12.7. The Morgan fingerprint density at radius 2 is 1.89 bits per heavy atom. The third kappa shape index (κ3) is 2.64. The zero-order valence-corrected chi connectivity index (χ0v) is 17.2. The molecular formula is C22H31N3OS. The van der Waals surface area contributed by atoms with Crippen LogP contribution < -0.4 is 0 Å². The van der Waals surface area contributed by atoms with Crippen molar-refractivity contribution >= 4 is 17.2 Å². The van der Waals surface area contributed by atoms with E-state index in [2.05, 4.69) is 22.1 Å². The Bertz CT molecular complexity index is 723. The molecule has 4 bridgehead atoms. The summed E-state index contributed by atoms with van der Waals surface area (Å²) in [7, 11) is 0. The van der Waals surface area contributed by atoms with Crippen LogP contribution in [0.4, 0.5) is 0 Å². The lowest BCUT2D eigenvalue weighted by atomic mass is 9.50. The normalized spacial score (nSPS) is 43.5. The van der Waals surface area contributed by atoms with Crippen molar-refractivity contribution in [3.63, 3.8) is 0 Å². The van der Waals surface area contributed by atoms with Crippen molar-refractivity contribution in [2.75, 3.05) is 13.1 Å². The smallest absolute Gasteiger partial charge is 0.239 e. The number of hydrogen-bond acceptors (Lipinski definition) is 4. The molecule has 4 saturated carbocycles. The molecule has 0 N–H and O–H groups in total. The summed E-state index contributed by atoms with van der Waals surface area (Å²) < 4.78 is 0. The average molecular weight is 386 g/mol. The zero-order valence-electron chi connectivity index (χ0n) is 16.4. The van der Waals surface area contributed by atoms with Gasteiger partial charge in [0.25, 0.3) is 0 Å². The Kier molecular flexibility index (Phi) is 3.79. The summed E-state index contributed by atoms with van der Waals surface area (Å²) in [5, 5.41) is 3.72. The lowest BCUT2D eigenvalue weighted by Crippen LogP contribution is -2.58. The van der Waals surface area contributed by atoms with E-state index in [1.807, 2.05) is 11.3 Å². The number of carbonyl (C=O) groups excluding carboxylic acids is 1. The fourth-order valence-corrected chi connectivity index (χ4v) is 8.59. The Balaban J connectivity index is 1.21. The van der Waals surface area contributed by atoms with Gasteiger partial charge in [-0.25, -0.2) is 4.98 Å². The minimum Gasteiger partial charge on any atom is -0.337 e. The number of thiazole rings is 1. The van der Waals surface area contributed by atoms with Gasteiger partial charge in [-0.1, -0.05) is 0 Å². The first-order valence-corrected chi connectivity index (χ1v) is 12.0. The molecule has 27 heavy (non-hydrogen) atoms. The standard InChI is InChI=1S/C22H31N3OS/c1-14-20(26)25-4-2-3-19(25)12-24(14)11-18-13-27-21(23-18)22-8-15-5-16(9-22)7-17(6-15)10-22/h13-17,19H,2-12H2,1H3/t14-,15?,16?,17?,19+,22?/m0/s1. The van der Waals surface area contributed by atoms with Gasteiger partial charge in [0.1, 0.15) is 0 Å². The number of nitrogens with zero attached hydrogens (tertiary/aromatic N) is 3. The molecule has 4 aliphatic carbocycles. The Morgan fingerprint density at radius 1 is 1.19 bits per heavy atom. The summed E-state index contributed by atoms with van der Waals surface area (Å²) in [6.07, 6.45) is 11.0. The molecule has 0 aromatic carbocycles. The second kappa shape index (κ2) is 6.03.